The van der Waals surface area contributed by atoms with E-state index in [9.17, 15) is 0 Å². The zero-order chi connectivity index (χ0) is 32.8. The largest absolute Gasteiger partial charge is 0.500 e. The van der Waals surface area contributed by atoms with Crippen LogP contribution in [-0.4, -0.2) is 9.97 Å². The fraction of sp³-hybridized carbons (Fsp3) is 0.231. The first-order valence-corrected chi connectivity index (χ1v) is 15.3. The Kier molecular flexibility index (Phi) is 8.09. The maximum Gasteiger partial charge on any atom is 0.129 e. The second-order valence-corrected chi connectivity index (χ2v) is 13.3. The Balaban J connectivity index is 0.000000228. The quantitative estimate of drug-likeness (QED) is 0.168. The van der Waals surface area contributed by atoms with Crippen LogP contribution < -0.4 is 0 Å². The molecule has 0 N–H and O–H groups in total. The third-order valence-corrected chi connectivity index (χ3v) is 8.49. The van der Waals surface area contributed by atoms with Crippen LogP contribution in [0.15, 0.2) is 82.9 Å². The predicted octanol–water partition coefficient (Wildman–Crippen LogP) is 11.0. The molecule has 0 aliphatic rings. The maximum atomic E-state index is 7.93. The van der Waals surface area contributed by atoms with Gasteiger partial charge in [-0.15, -0.1) is 64.9 Å². The molecule has 225 valence electrons. The zero-order valence-corrected chi connectivity index (χ0v) is 29.0. The van der Waals surface area contributed by atoms with Gasteiger partial charge in [0.2, 0.25) is 0 Å². The van der Waals surface area contributed by atoms with E-state index in [-0.39, 0.29) is 25.5 Å². The van der Waals surface area contributed by atoms with Crippen LogP contribution in [0.5, 0.6) is 0 Å². The van der Waals surface area contributed by atoms with Crippen molar-refractivity contribution in [1.29, 1.82) is 0 Å². The van der Waals surface area contributed by atoms with Gasteiger partial charge in [-0.1, -0.05) is 68.0 Å². The number of nitrogens with zero attached hydrogens (tertiary/aromatic N) is 2. The topological polar surface area (TPSA) is 38.9 Å². The van der Waals surface area contributed by atoms with E-state index in [1.54, 1.807) is 11.3 Å². The third kappa shape index (κ3) is 6.56. The minimum absolute atomic E-state index is 0. The number of furan rings is 1. The molecule has 0 atom stereocenters. The van der Waals surface area contributed by atoms with Crippen LogP contribution in [0.25, 0.3) is 54.5 Å². The summed E-state index contributed by atoms with van der Waals surface area (Å²) in [6.45, 7) is 10.4. The van der Waals surface area contributed by atoms with Crippen LogP contribution in [0.2, 0.25) is 0 Å². The Morgan fingerprint density at radius 3 is 2.32 bits per heavy atom. The Labute approximate surface area is 282 Å². The van der Waals surface area contributed by atoms with Crippen molar-refractivity contribution in [3.63, 3.8) is 0 Å². The fourth-order valence-corrected chi connectivity index (χ4v) is 6.00. The van der Waals surface area contributed by atoms with Crippen molar-refractivity contribution < 1.29 is 28.6 Å². The van der Waals surface area contributed by atoms with Crippen molar-refractivity contribution in [3.8, 4) is 22.5 Å². The number of aromatic nitrogens is 2. The molecule has 4 aromatic heterocycles. The van der Waals surface area contributed by atoms with Gasteiger partial charge in [-0.3, -0.25) is 0 Å². The summed E-state index contributed by atoms with van der Waals surface area (Å²) in [6.07, 6.45) is 4.05. The first-order chi connectivity index (χ1) is 21.8. The molecular weight excluding hydrogens is 737 g/mol. The van der Waals surface area contributed by atoms with E-state index in [4.69, 9.17) is 8.53 Å². The van der Waals surface area contributed by atoms with E-state index in [0.717, 1.165) is 49.7 Å². The van der Waals surface area contributed by atoms with Crippen molar-refractivity contribution in [2.45, 2.75) is 54.8 Å². The molecular formula is C39H36IrN2OS-2. The number of rotatable bonds is 3. The van der Waals surface area contributed by atoms with Gasteiger partial charge in [-0.05, 0) is 72.6 Å². The van der Waals surface area contributed by atoms with Crippen LogP contribution in [-0.2, 0) is 26.5 Å². The molecule has 0 saturated heterocycles. The minimum atomic E-state index is -2.20. The van der Waals surface area contributed by atoms with E-state index in [0.29, 0.717) is 17.7 Å². The standard InChI is InChI=1S/C25H22NOS.C14H14N.Ir/c1-15-14-26-21(12-16(15)13-25(2,3)4)19-7-5-6-17-18-8-9-22-20(10-11-28-22)24(18)27-23(17)19;1-10-4-6-13(7-5-10)14-8-11(2)12(3)9-15-14;/h5-6,8-12,14H,13H2,1-4H3;4-6,8-9H,1-3H3;/q2*-1;/i1D3;;. The molecule has 0 saturated carbocycles. The number of aryl methyl sites for hydroxylation is 4. The predicted molar refractivity (Wildman–Crippen MR) is 182 cm³/mol. The zero-order valence-electron chi connectivity index (χ0n) is 28.8. The molecule has 1 radical (unpaired) electrons. The van der Waals surface area contributed by atoms with Crippen LogP contribution >= 0.6 is 11.3 Å². The third-order valence-electron chi connectivity index (χ3n) is 7.61. The number of thiophene rings is 1. The monoisotopic (exact) mass is 776 g/mol. The summed E-state index contributed by atoms with van der Waals surface area (Å²) in [5, 5.41) is 5.24. The van der Waals surface area contributed by atoms with Crippen molar-refractivity contribution in [1.82, 2.24) is 9.97 Å². The van der Waals surface area contributed by atoms with Gasteiger partial charge >= 0.3 is 0 Å². The van der Waals surface area contributed by atoms with E-state index in [1.165, 1.54) is 27.6 Å². The van der Waals surface area contributed by atoms with Gasteiger partial charge in [-0.2, -0.15) is 0 Å². The van der Waals surface area contributed by atoms with E-state index in [1.807, 2.05) is 30.5 Å². The molecule has 0 aliphatic heterocycles. The molecule has 0 amide bonds. The summed E-state index contributed by atoms with van der Waals surface area (Å²) in [4.78, 5) is 8.94. The number of hydrogen-bond acceptors (Lipinski definition) is 4. The van der Waals surface area contributed by atoms with Crippen LogP contribution in [0.1, 0.15) is 52.7 Å². The average Bonchev–Trinajstić information content (AvgIpc) is 3.63. The second-order valence-electron chi connectivity index (χ2n) is 12.4. The van der Waals surface area contributed by atoms with Crippen molar-refractivity contribution in [2.24, 2.45) is 5.41 Å². The summed E-state index contributed by atoms with van der Waals surface area (Å²) >= 11 is 1.69. The summed E-state index contributed by atoms with van der Waals surface area (Å²) in [5.41, 5.74) is 9.85. The normalized spacial score (nSPS) is 12.7. The number of fused-ring (bicyclic) bond motifs is 5. The molecule has 0 spiro atoms. The van der Waals surface area contributed by atoms with E-state index in [2.05, 4.69) is 105 Å². The maximum absolute atomic E-state index is 7.93. The molecule has 44 heavy (non-hydrogen) atoms. The first-order valence-electron chi connectivity index (χ1n) is 15.9. The molecule has 3 nitrogen and oxygen atoms in total. The van der Waals surface area contributed by atoms with Crippen LogP contribution in [0, 0.1) is 45.2 Å². The van der Waals surface area contributed by atoms with Crippen molar-refractivity contribution in [2.75, 3.05) is 0 Å². The second kappa shape index (κ2) is 12.8. The Morgan fingerprint density at radius 1 is 0.818 bits per heavy atom. The van der Waals surface area contributed by atoms with Gasteiger partial charge in [0.15, 0.2) is 0 Å². The van der Waals surface area contributed by atoms with Gasteiger partial charge in [0.1, 0.15) is 5.58 Å². The summed E-state index contributed by atoms with van der Waals surface area (Å²) in [7, 11) is 0. The molecule has 7 aromatic rings. The van der Waals surface area contributed by atoms with Gasteiger partial charge in [-0.25, -0.2) is 0 Å². The summed E-state index contributed by atoms with van der Waals surface area (Å²) < 4.78 is 31.3. The van der Waals surface area contributed by atoms with E-state index >= 15 is 0 Å². The van der Waals surface area contributed by atoms with Gasteiger partial charge in [0, 0.05) is 52.1 Å². The Bertz CT molecular complexity index is 2190. The van der Waals surface area contributed by atoms with Crippen molar-refractivity contribution in [3.05, 3.63) is 118 Å². The van der Waals surface area contributed by atoms with Gasteiger partial charge < -0.3 is 14.4 Å². The molecule has 5 heteroatoms. The van der Waals surface area contributed by atoms with E-state index < -0.39 is 6.85 Å². The minimum Gasteiger partial charge on any atom is -0.500 e. The Hall–Kier alpha value is -3.63. The molecule has 0 aliphatic carbocycles. The molecule has 0 unspecified atom stereocenters. The van der Waals surface area contributed by atoms with Gasteiger partial charge in [0.25, 0.3) is 0 Å². The molecule has 4 heterocycles. The smallest absolute Gasteiger partial charge is 0.129 e. The average molecular weight is 776 g/mol. The van der Waals surface area contributed by atoms with Crippen LogP contribution in [0.4, 0.5) is 0 Å². The molecule has 7 rings (SSSR count). The Morgan fingerprint density at radius 2 is 1.59 bits per heavy atom. The van der Waals surface area contributed by atoms with Crippen LogP contribution in [0.3, 0.4) is 0 Å². The molecule has 0 fully saturated rings. The molecule has 0 bridgehead atoms. The fourth-order valence-electron chi connectivity index (χ4n) is 5.22. The first kappa shape index (κ1) is 27.9. The van der Waals surface area contributed by atoms with Gasteiger partial charge in [0.05, 0.1) is 5.58 Å². The SMILES string of the molecule is Cc1c[c-]c(-c2cc(C)c(C)cn2)cc1.[2H]C([2H])([2H])c1cnc(-c2[c-]ccc3c2oc2c4ccsc4ccc32)cc1CC(C)(C)C.[Ir]. The summed E-state index contributed by atoms with van der Waals surface area (Å²) in [5.74, 6) is 0. The summed E-state index contributed by atoms with van der Waals surface area (Å²) in [6, 6.07) is 26.9. The molecule has 3 aromatic carbocycles. The number of benzene rings is 3. The van der Waals surface area contributed by atoms with Crippen molar-refractivity contribution >= 4 is 43.4 Å². The number of hydrogen-bond donors (Lipinski definition) is 0. The number of pyridine rings is 2.